The molecule has 0 saturated carbocycles. The number of anilines is 1. The minimum absolute atomic E-state index is 0.00140. The third-order valence-electron chi connectivity index (χ3n) is 4.58. The van der Waals surface area contributed by atoms with Crippen LogP contribution in [0.4, 0.5) is 5.69 Å². The van der Waals surface area contributed by atoms with Gasteiger partial charge in [-0.05, 0) is 36.4 Å². The highest BCUT2D eigenvalue weighted by molar-refractivity contribution is 6.30. The maximum absolute atomic E-state index is 12.8. The van der Waals surface area contributed by atoms with Crippen molar-refractivity contribution in [2.45, 2.75) is 0 Å². The molecule has 1 saturated heterocycles. The molecule has 2 heterocycles. The Labute approximate surface area is 151 Å². The van der Waals surface area contributed by atoms with Crippen LogP contribution in [0.2, 0.25) is 5.02 Å². The number of amides is 1. The summed E-state index contributed by atoms with van der Waals surface area (Å²) in [5.41, 5.74) is 2.51. The quantitative estimate of drug-likeness (QED) is 0.703. The maximum atomic E-state index is 12.8. The van der Waals surface area contributed by atoms with Gasteiger partial charge in [-0.25, -0.2) is 4.98 Å². The van der Waals surface area contributed by atoms with Crippen LogP contribution in [-0.4, -0.2) is 42.0 Å². The van der Waals surface area contributed by atoms with Crippen molar-refractivity contribution in [1.82, 2.24) is 9.88 Å². The first-order valence-electron chi connectivity index (χ1n) is 8.36. The van der Waals surface area contributed by atoms with E-state index < -0.39 is 0 Å². The number of fused-ring (bicyclic) bond motifs is 1. The van der Waals surface area contributed by atoms with E-state index in [4.69, 9.17) is 11.6 Å². The average molecular weight is 352 g/mol. The van der Waals surface area contributed by atoms with Gasteiger partial charge in [0.15, 0.2) is 0 Å². The number of pyridine rings is 1. The molecule has 0 unspecified atom stereocenters. The molecule has 4 rings (SSSR count). The van der Waals surface area contributed by atoms with E-state index in [-0.39, 0.29) is 5.91 Å². The molecule has 1 aromatic heterocycles. The Bertz CT molecular complexity index is 902. The third-order valence-corrected chi connectivity index (χ3v) is 4.83. The first-order chi connectivity index (χ1) is 12.2. The third kappa shape index (κ3) is 3.30. The van der Waals surface area contributed by atoms with E-state index in [2.05, 4.69) is 9.88 Å². The van der Waals surface area contributed by atoms with Gasteiger partial charge in [0.05, 0.1) is 5.52 Å². The molecule has 1 aliphatic rings. The summed E-state index contributed by atoms with van der Waals surface area (Å²) < 4.78 is 0. The topological polar surface area (TPSA) is 36.4 Å². The van der Waals surface area contributed by atoms with Gasteiger partial charge in [-0.1, -0.05) is 35.9 Å². The molecule has 1 amide bonds. The first kappa shape index (κ1) is 15.9. The lowest BCUT2D eigenvalue weighted by atomic mass is 10.2. The van der Waals surface area contributed by atoms with Crippen molar-refractivity contribution in [3.63, 3.8) is 0 Å². The van der Waals surface area contributed by atoms with Gasteiger partial charge in [0.2, 0.25) is 0 Å². The maximum Gasteiger partial charge on any atom is 0.272 e. The number of hydrogen-bond donors (Lipinski definition) is 0. The van der Waals surface area contributed by atoms with Crippen LogP contribution in [0.5, 0.6) is 0 Å². The van der Waals surface area contributed by atoms with E-state index in [1.807, 2.05) is 65.6 Å². The molecule has 25 heavy (non-hydrogen) atoms. The van der Waals surface area contributed by atoms with Crippen molar-refractivity contribution >= 4 is 34.1 Å². The number of benzene rings is 2. The van der Waals surface area contributed by atoms with Gasteiger partial charge in [-0.2, -0.15) is 0 Å². The van der Waals surface area contributed by atoms with Crippen LogP contribution in [0, 0.1) is 0 Å². The summed E-state index contributed by atoms with van der Waals surface area (Å²) >= 11 is 5.95. The summed E-state index contributed by atoms with van der Waals surface area (Å²) in [5, 5.41) is 1.78. The fraction of sp³-hybridized carbons (Fsp3) is 0.200. The lowest BCUT2D eigenvalue weighted by Gasteiger charge is -2.36. The van der Waals surface area contributed by atoms with Crippen LogP contribution in [0.15, 0.2) is 60.7 Å². The van der Waals surface area contributed by atoms with Gasteiger partial charge in [-0.15, -0.1) is 0 Å². The number of para-hydroxylation sites is 1. The molecule has 0 spiro atoms. The molecule has 1 aliphatic heterocycles. The number of piperazine rings is 1. The van der Waals surface area contributed by atoms with E-state index in [1.165, 1.54) is 0 Å². The molecule has 0 aliphatic carbocycles. The molecule has 2 aromatic carbocycles. The number of aromatic nitrogens is 1. The molecule has 0 atom stereocenters. The number of rotatable bonds is 2. The average Bonchev–Trinajstić information content (AvgIpc) is 2.68. The highest BCUT2D eigenvalue weighted by Crippen LogP contribution is 2.20. The zero-order valence-electron chi connectivity index (χ0n) is 13.7. The molecule has 4 nitrogen and oxygen atoms in total. The predicted octanol–water partition coefficient (Wildman–Crippen LogP) is 3.85. The second-order valence-electron chi connectivity index (χ2n) is 6.14. The molecule has 0 N–H and O–H groups in total. The van der Waals surface area contributed by atoms with Crippen LogP contribution in [-0.2, 0) is 0 Å². The smallest absolute Gasteiger partial charge is 0.272 e. The lowest BCUT2D eigenvalue weighted by Crippen LogP contribution is -2.49. The molecule has 0 radical (unpaired) electrons. The Morgan fingerprint density at radius 1 is 0.880 bits per heavy atom. The van der Waals surface area contributed by atoms with Crippen molar-refractivity contribution in [2.75, 3.05) is 31.1 Å². The SMILES string of the molecule is O=C(c1ccc2ccccc2n1)N1CCN(c2ccc(Cl)cc2)CC1. The highest BCUT2D eigenvalue weighted by atomic mass is 35.5. The largest absolute Gasteiger partial charge is 0.368 e. The van der Waals surface area contributed by atoms with Crippen LogP contribution in [0.25, 0.3) is 10.9 Å². The second-order valence-corrected chi connectivity index (χ2v) is 6.58. The van der Waals surface area contributed by atoms with Gasteiger partial charge in [0.1, 0.15) is 5.69 Å². The number of nitrogens with zero attached hydrogens (tertiary/aromatic N) is 3. The lowest BCUT2D eigenvalue weighted by molar-refractivity contribution is 0.0741. The highest BCUT2D eigenvalue weighted by Gasteiger charge is 2.23. The minimum Gasteiger partial charge on any atom is -0.368 e. The minimum atomic E-state index is 0.00140. The molecular weight excluding hydrogens is 334 g/mol. The van der Waals surface area contributed by atoms with E-state index in [0.29, 0.717) is 18.8 Å². The van der Waals surface area contributed by atoms with Gasteiger partial charge >= 0.3 is 0 Å². The molecule has 126 valence electrons. The van der Waals surface area contributed by atoms with E-state index in [9.17, 15) is 4.79 Å². The summed E-state index contributed by atoms with van der Waals surface area (Å²) in [5.74, 6) is 0.00140. The second kappa shape index (κ2) is 6.73. The zero-order valence-corrected chi connectivity index (χ0v) is 14.5. The summed E-state index contributed by atoms with van der Waals surface area (Å²) in [7, 11) is 0. The van der Waals surface area contributed by atoms with Gasteiger partial charge in [0.25, 0.3) is 5.91 Å². The number of hydrogen-bond acceptors (Lipinski definition) is 3. The van der Waals surface area contributed by atoms with Crippen LogP contribution in [0.3, 0.4) is 0 Å². The first-order valence-corrected chi connectivity index (χ1v) is 8.74. The molecule has 1 fully saturated rings. The Balaban J connectivity index is 1.46. The standard InChI is InChI=1S/C20H18ClN3O/c21-16-6-8-17(9-7-16)23-11-13-24(14-12-23)20(25)19-10-5-15-3-1-2-4-18(15)22-19/h1-10H,11-14H2. The molecule has 3 aromatic rings. The molecular formula is C20H18ClN3O. The predicted molar refractivity (Wildman–Crippen MR) is 101 cm³/mol. The van der Waals surface area contributed by atoms with Gasteiger partial charge in [0, 0.05) is 42.3 Å². The van der Waals surface area contributed by atoms with Gasteiger partial charge < -0.3 is 9.80 Å². The van der Waals surface area contributed by atoms with Gasteiger partial charge in [-0.3, -0.25) is 4.79 Å². The summed E-state index contributed by atoms with van der Waals surface area (Å²) in [6, 6.07) is 19.5. The van der Waals surface area contributed by atoms with Crippen molar-refractivity contribution in [3.05, 3.63) is 71.4 Å². The number of carbonyl (C=O) groups excluding carboxylic acids is 1. The van der Waals surface area contributed by atoms with E-state index in [0.717, 1.165) is 34.7 Å². The Kier molecular flexibility index (Phi) is 4.28. The molecule has 5 heteroatoms. The summed E-state index contributed by atoms with van der Waals surface area (Å²) in [6.07, 6.45) is 0. The summed E-state index contributed by atoms with van der Waals surface area (Å²) in [4.78, 5) is 21.4. The van der Waals surface area contributed by atoms with Crippen LogP contribution in [0.1, 0.15) is 10.5 Å². The fourth-order valence-corrected chi connectivity index (χ4v) is 3.29. The van der Waals surface area contributed by atoms with Crippen molar-refractivity contribution < 1.29 is 4.79 Å². The summed E-state index contributed by atoms with van der Waals surface area (Å²) in [6.45, 7) is 2.99. The van der Waals surface area contributed by atoms with Crippen LogP contribution >= 0.6 is 11.6 Å². The van der Waals surface area contributed by atoms with Crippen molar-refractivity contribution in [2.24, 2.45) is 0 Å². The van der Waals surface area contributed by atoms with E-state index >= 15 is 0 Å². The molecule has 0 bridgehead atoms. The van der Waals surface area contributed by atoms with Crippen LogP contribution < -0.4 is 4.90 Å². The number of carbonyl (C=O) groups is 1. The van der Waals surface area contributed by atoms with E-state index in [1.54, 1.807) is 0 Å². The Hall–Kier alpha value is -2.59. The van der Waals surface area contributed by atoms with Crippen molar-refractivity contribution in [3.8, 4) is 0 Å². The zero-order chi connectivity index (χ0) is 17.2. The monoisotopic (exact) mass is 351 g/mol. The normalized spacial score (nSPS) is 14.8. The number of halogens is 1. The van der Waals surface area contributed by atoms with Crippen molar-refractivity contribution in [1.29, 1.82) is 0 Å². The Morgan fingerprint density at radius 2 is 1.60 bits per heavy atom. The fourth-order valence-electron chi connectivity index (χ4n) is 3.17. The Morgan fingerprint density at radius 3 is 2.36 bits per heavy atom.